The number of aryl methyl sites for hydroxylation is 1. The van der Waals surface area contributed by atoms with Crippen LogP contribution in [-0.2, 0) is 11.2 Å². The molecule has 0 aliphatic rings. The van der Waals surface area contributed by atoms with Gasteiger partial charge in [0.25, 0.3) is 0 Å². The smallest absolute Gasteiger partial charge is 1.00 e. The number of carbonyl (C=O) groups excluding carboxylic acids is 1. The molecule has 0 fully saturated rings. The number of nitrogen functional groups attached to an aromatic ring is 1. The average molecular weight is 215 g/mol. The quantitative estimate of drug-likeness (QED) is 0.368. The van der Waals surface area contributed by atoms with Gasteiger partial charge in [-0.2, -0.15) is 0 Å². The second kappa shape index (κ2) is 6.36. The standard InChI is InChI=1S/C11H13NO3.Li.H/c1-7(13)9-6-8(2-4-10(9)12)3-5-11(14)15;;/h2,4,6H,3,5,12H2,1H3,(H,14,15);;/q;+1;-1. The van der Waals surface area contributed by atoms with Gasteiger partial charge in [0.05, 0.1) is 0 Å². The molecule has 1 aromatic carbocycles. The zero-order valence-electron chi connectivity index (χ0n) is 10.5. The summed E-state index contributed by atoms with van der Waals surface area (Å²) in [6.45, 7) is 1.44. The molecule has 4 nitrogen and oxygen atoms in total. The molecule has 0 aliphatic carbocycles. The number of nitrogens with two attached hydrogens (primary N) is 1. The molecule has 0 bridgehead atoms. The first-order chi connectivity index (χ1) is 7.00. The Morgan fingerprint density at radius 1 is 1.44 bits per heavy atom. The minimum atomic E-state index is -0.851. The number of hydrogen-bond donors (Lipinski definition) is 2. The third-order valence-electron chi connectivity index (χ3n) is 2.12. The van der Waals surface area contributed by atoms with Crippen LogP contribution in [0.5, 0.6) is 0 Å². The minimum Gasteiger partial charge on any atom is -1.00 e. The number of carbonyl (C=O) groups is 2. The number of rotatable bonds is 4. The van der Waals surface area contributed by atoms with E-state index in [-0.39, 0.29) is 32.5 Å². The van der Waals surface area contributed by atoms with Crippen molar-refractivity contribution in [3.8, 4) is 0 Å². The molecule has 0 saturated heterocycles. The summed E-state index contributed by atoms with van der Waals surface area (Å²) in [6, 6.07) is 5.03. The van der Waals surface area contributed by atoms with E-state index in [1.54, 1.807) is 18.2 Å². The zero-order valence-corrected chi connectivity index (χ0v) is 9.49. The fourth-order valence-electron chi connectivity index (χ4n) is 1.32. The van der Waals surface area contributed by atoms with Gasteiger partial charge in [-0.25, -0.2) is 0 Å². The molecule has 1 rings (SSSR count). The van der Waals surface area contributed by atoms with Gasteiger partial charge in [-0.3, -0.25) is 9.59 Å². The number of anilines is 1. The monoisotopic (exact) mass is 215 g/mol. The van der Waals surface area contributed by atoms with E-state index in [2.05, 4.69) is 0 Å². The van der Waals surface area contributed by atoms with Crippen molar-refractivity contribution in [2.45, 2.75) is 19.8 Å². The second-order valence-electron chi connectivity index (χ2n) is 3.37. The Hall–Kier alpha value is -1.24. The number of hydrogen-bond acceptors (Lipinski definition) is 3. The van der Waals surface area contributed by atoms with Gasteiger partial charge >= 0.3 is 24.8 Å². The van der Waals surface area contributed by atoms with Gasteiger partial charge < -0.3 is 12.3 Å². The van der Waals surface area contributed by atoms with E-state index in [4.69, 9.17) is 10.8 Å². The summed E-state index contributed by atoms with van der Waals surface area (Å²) in [5.41, 5.74) is 7.31. The van der Waals surface area contributed by atoms with Crippen molar-refractivity contribution in [1.29, 1.82) is 0 Å². The van der Waals surface area contributed by atoms with Crippen LogP contribution in [0.1, 0.15) is 30.7 Å². The number of carboxylic acids is 1. The number of benzene rings is 1. The van der Waals surface area contributed by atoms with Crippen molar-refractivity contribution >= 4 is 17.4 Å². The minimum absolute atomic E-state index is 0. The topological polar surface area (TPSA) is 80.4 Å². The van der Waals surface area contributed by atoms with E-state index in [1.807, 2.05) is 0 Å². The molecule has 16 heavy (non-hydrogen) atoms. The summed E-state index contributed by atoms with van der Waals surface area (Å²) in [5.74, 6) is -0.958. The summed E-state index contributed by atoms with van der Waals surface area (Å²) in [7, 11) is 0. The first kappa shape index (κ1) is 14.8. The van der Waals surface area contributed by atoms with Gasteiger partial charge in [-0.1, -0.05) is 6.07 Å². The van der Waals surface area contributed by atoms with Crippen molar-refractivity contribution in [3.05, 3.63) is 29.3 Å². The summed E-state index contributed by atoms with van der Waals surface area (Å²) in [4.78, 5) is 21.5. The molecule has 0 aromatic heterocycles. The average Bonchev–Trinajstić information content (AvgIpc) is 2.16. The van der Waals surface area contributed by atoms with Gasteiger partial charge in [-0.15, -0.1) is 0 Å². The fourth-order valence-corrected chi connectivity index (χ4v) is 1.32. The van der Waals surface area contributed by atoms with Gasteiger partial charge in [-0.05, 0) is 31.0 Å². The molecule has 0 heterocycles. The van der Waals surface area contributed by atoms with E-state index in [1.165, 1.54) is 6.92 Å². The van der Waals surface area contributed by atoms with Gasteiger partial charge in [0.15, 0.2) is 5.78 Å². The normalized spacial score (nSPS) is 9.31. The Balaban J connectivity index is 0. The number of Topliss-reactive ketones (excluding diaryl/α,β-unsaturated/α-hetero) is 1. The van der Waals surface area contributed by atoms with Crippen LogP contribution in [-0.4, -0.2) is 16.9 Å². The van der Waals surface area contributed by atoms with Crippen molar-refractivity contribution in [1.82, 2.24) is 0 Å². The second-order valence-corrected chi connectivity index (χ2v) is 3.37. The number of aliphatic carboxylic acids is 1. The fraction of sp³-hybridized carbons (Fsp3) is 0.273. The molecule has 0 atom stereocenters. The first-order valence-electron chi connectivity index (χ1n) is 4.62. The van der Waals surface area contributed by atoms with Crippen LogP contribution in [0.15, 0.2) is 18.2 Å². The van der Waals surface area contributed by atoms with Crippen LogP contribution < -0.4 is 24.6 Å². The third-order valence-corrected chi connectivity index (χ3v) is 2.12. The van der Waals surface area contributed by atoms with Crippen LogP contribution >= 0.6 is 0 Å². The predicted molar refractivity (Wildman–Crippen MR) is 57.9 cm³/mol. The summed E-state index contributed by atoms with van der Waals surface area (Å²) in [6.07, 6.45) is 0.469. The Morgan fingerprint density at radius 3 is 2.56 bits per heavy atom. The molecule has 0 spiro atoms. The van der Waals surface area contributed by atoms with Crippen molar-refractivity contribution in [2.75, 3.05) is 5.73 Å². The Kier molecular flexibility index (Phi) is 5.87. The maximum Gasteiger partial charge on any atom is 1.00 e. The van der Waals surface area contributed by atoms with Crippen molar-refractivity contribution < 1.29 is 35.0 Å². The van der Waals surface area contributed by atoms with E-state index in [0.29, 0.717) is 17.7 Å². The molecule has 0 unspecified atom stereocenters. The maximum atomic E-state index is 11.2. The Bertz CT molecular complexity index is 410. The van der Waals surface area contributed by atoms with E-state index < -0.39 is 5.97 Å². The molecule has 0 saturated carbocycles. The molecule has 82 valence electrons. The molecular weight excluding hydrogens is 201 g/mol. The molecule has 3 N–H and O–H groups in total. The van der Waals surface area contributed by atoms with E-state index >= 15 is 0 Å². The van der Waals surface area contributed by atoms with Crippen molar-refractivity contribution in [3.63, 3.8) is 0 Å². The van der Waals surface area contributed by atoms with Gasteiger partial charge in [0.2, 0.25) is 0 Å². The van der Waals surface area contributed by atoms with E-state index in [9.17, 15) is 9.59 Å². The Morgan fingerprint density at radius 2 is 2.06 bits per heavy atom. The zero-order chi connectivity index (χ0) is 11.4. The van der Waals surface area contributed by atoms with Gasteiger partial charge in [0, 0.05) is 17.7 Å². The first-order valence-corrected chi connectivity index (χ1v) is 4.62. The molecular formula is C11H14LiNO3. The SMILES string of the molecule is CC(=O)c1cc(CCC(=O)O)ccc1N.[H-].[Li+]. The maximum absolute atomic E-state index is 11.2. The third kappa shape index (κ3) is 4.09. The largest absolute Gasteiger partial charge is 1.00 e. The predicted octanol–water partition coefficient (Wildman–Crippen LogP) is -1.39. The number of carboxylic acid groups (broad SMARTS) is 1. The summed E-state index contributed by atoms with van der Waals surface area (Å²) in [5, 5.41) is 8.52. The summed E-state index contributed by atoms with van der Waals surface area (Å²) >= 11 is 0. The van der Waals surface area contributed by atoms with Crippen molar-refractivity contribution in [2.24, 2.45) is 0 Å². The van der Waals surface area contributed by atoms with Gasteiger partial charge in [0.1, 0.15) is 0 Å². The van der Waals surface area contributed by atoms with Crippen LogP contribution in [0, 0.1) is 0 Å². The van der Waals surface area contributed by atoms with Crippen LogP contribution in [0.25, 0.3) is 0 Å². The molecule has 5 heteroatoms. The molecule has 1 aromatic rings. The van der Waals surface area contributed by atoms with Crippen LogP contribution in [0.4, 0.5) is 5.69 Å². The molecule has 0 radical (unpaired) electrons. The Labute approximate surface area is 107 Å². The van der Waals surface area contributed by atoms with Crippen LogP contribution in [0.2, 0.25) is 0 Å². The summed E-state index contributed by atoms with van der Waals surface area (Å²) < 4.78 is 0. The molecule has 0 aliphatic heterocycles. The number of ketones is 1. The molecule has 0 amide bonds. The van der Waals surface area contributed by atoms with Crippen LogP contribution in [0.3, 0.4) is 0 Å². The van der Waals surface area contributed by atoms with E-state index in [0.717, 1.165) is 5.56 Å².